The van der Waals surface area contributed by atoms with Crippen molar-refractivity contribution < 1.29 is 14.7 Å². The molecule has 2 N–H and O–H groups in total. The number of hydrogen-bond acceptors (Lipinski definition) is 3. The van der Waals surface area contributed by atoms with Crippen LogP contribution in [0.2, 0.25) is 10.2 Å². The molecule has 0 radical (unpaired) electrons. The molecule has 0 atom stereocenters. The summed E-state index contributed by atoms with van der Waals surface area (Å²) in [6.07, 6.45) is 0. The van der Waals surface area contributed by atoms with Crippen LogP contribution in [0.1, 0.15) is 20.8 Å². The molecule has 0 fully saturated rings. The van der Waals surface area contributed by atoms with E-state index in [0.717, 1.165) is 11.3 Å². The van der Waals surface area contributed by atoms with Crippen LogP contribution in [0, 0.1) is 0 Å². The van der Waals surface area contributed by atoms with Gasteiger partial charge in [0, 0.05) is 7.05 Å². The number of thiophene rings is 1. The Bertz CT molecular complexity index is 663. The molecule has 5 nitrogen and oxygen atoms in total. The zero-order chi connectivity index (χ0) is 14.2. The number of aromatic nitrogens is 1. The highest BCUT2D eigenvalue weighted by Gasteiger charge is 2.19. The molecule has 0 aliphatic rings. The molecule has 0 bridgehead atoms. The van der Waals surface area contributed by atoms with Crippen LogP contribution in [0.3, 0.4) is 0 Å². The lowest BCUT2D eigenvalue weighted by Gasteiger charge is -2.05. The summed E-state index contributed by atoms with van der Waals surface area (Å²) in [4.78, 5) is 23.0. The summed E-state index contributed by atoms with van der Waals surface area (Å²) in [5.41, 5.74) is 0.296. The van der Waals surface area contributed by atoms with Crippen molar-refractivity contribution >= 4 is 51.4 Å². The maximum Gasteiger partial charge on any atom is 0.338 e. The average Bonchev–Trinajstić information content (AvgIpc) is 2.90. The Morgan fingerprint density at radius 2 is 2.11 bits per heavy atom. The maximum absolute atomic E-state index is 12.0. The highest BCUT2D eigenvalue weighted by molar-refractivity contribution is 7.14. The van der Waals surface area contributed by atoms with Crippen molar-refractivity contribution in [2.24, 2.45) is 7.05 Å². The third-order valence-corrected chi connectivity index (χ3v) is 4.14. The van der Waals surface area contributed by atoms with Gasteiger partial charge >= 0.3 is 5.97 Å². The second-order valence-corrected chi connectivity index (χ2v) is 5.33. The van der Waals surface area contributed by atoms with Crippen molar-refractivity contribution in [3.8, 4) is 0 Å². The fourth-order valence-corrected chi connectivity index (χ4v) is 2.65. The number of amides is 1. The van der Waals surface area contributed by atoms with Gasteiger partial charge in [-0.15, -0.1) is 11.3 Å². The minimum atomic E-state index is -1.10. The molecule has 2 heterocycles. The number of carbonyl (C=O) groups excluding carboxylic acids is 1. The summed E-state index contributed by atoms with van der Waals surface area (Å²) in [5, 5.41) is 13.8. The van der Waals surface area contributed by atoms with E-state index < -0.39 is 11.9 Å². The molecule has 0 unspecified atom stereocenters. The first-order valence-corrected chi connectivity index (χ1v) is 6.68. The smallest absolute Gasteiger partial charge is 0.338 e. The van der Waals surface area contributed by atoms with Gasteiger partial charge in [-0.05, 0) is 17.5 Å². The van der Waals surface area contributed by atoms with Crippen molar-refractivity contribution in [1.29, 1.82) is 0 Å². The molecule has 2 aromatic rings. The topological polar surface area (TPSA) is 71.3 Å². The first kappa shape index (κ1) is 13.9. The van der Waals surface area contributed by atoms with Gasteiger partial charge in [0.1, 0.15) is 15.8 Å². The standard InChI is InChI=1S/C11H8Cl2N2O3S/c1-15-7(4-6(12)8(15)13)9(16)14-10-5(11(17)18)2-3-19-10/h2-4H,1H3,(H,14,16)(H,17,18). The van der Waals surface area contributed by atoms with E-state index in [4.69, 9.17) is 28.3 Å². The van der Waals surface area contributed by atoms with Gasteiger partial charge in [0.05, 0.1) is 10.6 Å². The van der Waals surface area contributed by atoms with Crippen LogP contribution in [0.5, 0.6) is 0 Å². The fourth-order valence-electron chi connectivity index (χ4n) is 1.50. The van der Waals surface area contributed by atoms with Crippen molar-refractivity contribution in [3.63, 3.8) is 0 Å². The number of halogens is 2. The molecule has 2 aromatic heterocycles. The SMILES string of the molecule is Cn1c(C(=O)Nc2sccc2C(=O)O)cc(Cl)c1Cl. The Morgan fingerprint density at radius 3 is 2.63 bits per heavy atom. The van der Waals surface area contributed by atoms with Gasteiger partial charge in [-0.3, -0.25) is 4.79 Å². The molecular weight excluding hydrogens is 311 g/mol. The number of carbonyl (C=O) groups is 2. The lowest BCUT2D eigenvalue weighted by Crippen LogP contribution is -2.16. The Hall–Kier alpha value is -1.50. The van der Waals surface area contributed by atoms with Gasteiger partial charge in [-0.1, -0.05) is 23.2 Å². The quantitative estimate of drug-likeness (QED) is 0.911. The molecule has 0 aliphatic heterocycles. The van der Waals surface area contributed by atoms with E-state index in [1.54, 1.807) is 12.4 Å². The van der Waals surface area contributed by atoms with Crippen LogP contribution in [-0.4, -0.2) is 21.6 Å². The summed E-state index contributed by atoms with van der Waals surface area (Å²) in [5.74, 6) is -1.57. The van der Waals surface area contributed by atoms with Crippen molar-refractivity contribution in [2.75, 3.05) is 5.32 Å². The monoisotopic (exact) mass is 318 g/mol. The van der Waals surface area contributed by atoms with E-state index >= 15 is 0 Å². The molecule has 0 saturated heterocycles. The van der Waals surface area contributed by atoms with E-state index in [9.17, 15) is 9.59 Å². The maximum atomic E-state index is 12.0. The largest absolute Gasteiger partial charge is 0.478 e. The van der Waals surface area contributed by atoms with E-state index in [1.807, 2.05) is 0 Å². The second kappa shape index (κ2) is 5.24. The van der Waals surface area contributed by atoms with Gasteiger partial charge in [0.2, 0.25) is 0 Å². The highest BCUT2D eigenvalue weighted by Crippen LogP contribution is 2.27. The van der Waals surface area contributed by atoms with Crippen molar-refractivity contribution in [3.05, 3.63) is 38.9 Å². The molecule has 0 aliphatic carbocycles. The minimum Gasteiger partial charge on any atom is -0.478 e. The Labute approximate surface area is 122 Å². The molecule has 0 aromatic carbocycles. The summed E-state index contributed by atoms with van der Waals surface area (Å²) < 4.78 is 1.42. The number of nitrogens with one attached hydrogen (secondary N) is 1. The summed E-state index contributed by atoms with van der Waals surface area (Å²) in [6.45, 7) is 0. The van der Waals surface area contributed by atoms with Gasteiger partial charge < -0.3 is 15.0 Å². The Balaban J connectivity index is 2.28. The molecule has 2 rings (SSSR count). The lowest BCUT2D eigenvalue weighted by molar-refractivity contribution is 0.0698. The lowest BCUT2D eigenvalue weighted by atomic mass is 10.3. The van der Waals surface area contributed by atoms with Crippen LogP contribution < -0.4 is 5.32 Å². The zero-order valence-corrected chi connectivity index (χ0v) is 11.9. The van der Waals surface area contributed by atoms with Gasteiger partial charge in [-0.25, -0.2) is 4.79 Å². The average molecular weight is 319 g/mol. The van der Waals surface area contributed by atoms with Crippen LogP contribution in [0.15, 0.2) is 17.5 Å². The number of hydrogen-bond donors (Lipinski definition) is 2. The van der Waals surface area contributed by atoms with Crippen molar-refractivity contribution in [1.82, 2.24) is 4.57 Å². The predicted molar refractivity (Wildman–Crippen MR) is 74.7 cm³/mol. The zero-order valence-electron chi connectivity index (χ0n) is 9.61. The normalized spacial score (nSPS) is 10.5. The molecule has 19 heavy (non-hydrogen) atoms. The molecule has 1 amide bonds. The Morgan fingerprint density at radius 1 is 1.42 bits per heavy atom. The summed E-state index contributed by atoms with van der Waals surface area (Å²) in [6, 6.07) is 2.85. The van der Waals surface area contributed by atoms with Crippen LogP contribution in [0.25, 0.3) is 0 Å². The number of anilines is 1. The van der Waals surface area contributed by atoms with E-state index in [2.05, 4.69) is 5.32 Å². The summed E-state index contributed by atoms with van der Waals surface area (Å²) >= 11 is 12.8. The number of rotatable bonds is 3. The molecule has 100 valence electrons. The number of carboxylic acid groups (broad SMARTS) is 1. The van der Waals surface area contributed by atoms with Crippen LogP contribution >= 0.6 is 34.5 Å². The van der Waals surface area contributed by atoms with Crippen molar-refractivity contribution in [2.45, 2.75) is 0 Å². The third kappa shape index (κ3) is 2.60. The number of nitrogens with zero attached hydrogens (tertiary/aromatic N) is 1. The molecule has 0 spiro atoms. The first-order valence-electron chi connectivity index (χ1n) is 5.04. The predicted octanol–water partition coefficient (Wildman–Crippen LogP) is 3.34. The molecule has 8 heteroatoms. The molecular formula is C11H8Cl2N2O3S. The third-order valence-electron chi connectivity index (χ3n) is 2.47. The van der Waals surface area contributed by atoms with E-state index in [1.165, 1.54) is 16.7 Å². The minimum absolute atomic E-state index is 0.0461. The fraction of sp³-hybridized carbons (Fsp3) is 0.0909. The highest BCUT2D eigenvalue weighted by atomic mass is 35.5. The second-order valence-electron chi connectivity index (χ2n) is 3.65. The number of carboxylic acids is 1. The molecule has 0 saturated carbocycles. The van der Waals surface area contributed by atoms with E-state index in [-0.39, 0.29) is 26.4 Å². The van der Waals surface area contributed by atoms with Gasteiger partial charge in [0.15, 0.2) is 0 Å². The Kier molecular flexibility index (Phi) is 3.84. The van der Waals surface area contributed by atoms with Crippen LogP contribution in [0.4, 0.5) is 5.00 Å². The van der Waals surface area contributed by atoms with E-state index in [0.29, 0.717) is 0 Å². The number of aromatic carboxylic acids is 1. The van der Waals surface area contributed by atoms with Gasteiger partial charge in [0.25, 0.3) is 5.91 Å². The summed E-state index contributed by atoms with van der Waals surface area (Å²) in [7, 11) is 1.59. The van der Waals surface area contributed by atoms with Crippen LogP contribution in [-0.2, 0) is 7.05 Å². The first-order chi connectivity index (χ1) is 8.91. The van der Waals surface area contributed by atoms with Gasteiger partial charge in [-0.2, -0.15) is 0 Å².